The normalized spacial score (nSPS) is 14.8. The molecule has 0 atom stereocenters. The van der Waals surface area contributed by atoms with Crippen LogP contribution in [0.5, 0.6) is 11.5 Å². The summed E-state index contributed by atoms with van der Waals surface area (Å²) in [5.74, 6) is -2.33. The molecule has 0 bridgehead atoms. The molecular weight excluding hydrogens is 430 g/mol. The number of nitrogens with one attached hydrogen (secondary N) is 1. The Hall–Kier alpha value is -2.72. The molecule has 2 aromatic carbocycles. The van der Waals surface area contributed by atoms with Gasteiger partial charge in [-0.2, -0.15) is 4.31 Å². The zero-order chi connectivity index (χ0) is 22.4. The molecule has 1 fully saturated rings. The lowest BCUT2D eigenvalue weighted by molar-refractivity contribution is -0.118. The minimum absolute atomic E-state index is 0.0404. The van der Waals surface area contributed by atoms with Crippen LogP contribution in [0.4, 0.5) is 14.5 Å². The van der Waals surface area contributed by atoms with Crippen LogP contribution in [0.2, 0.25) is 0 Å². The third kappa shape index (κ3) is 5.71. The monoisotopic (exact) mass is 454 g/mol. The van der Waals surface area contributed by atoms with E-state index in [0.29, 0.717) is 31.5 Å². The molecule has 168 valence electrons. The molecule has 0 saturated carbocycles. The molecule has 10 heteroatoms. The van der Waals surface area contributed by atoms with Gasteiger partial charge < -0.3 is 14.8 Å². The zero-order valence-corrected chi connectivity index (χ0v) is 17.9. The van der Waals surface area contributed by atoms with Crippen LogP contribution in [-0.2, 0) is 14.8 Å². The van der Waals surface area contributed by atoms with Crippen LogP contribution in [0, 0.1) is 11.6 Å². The van der Waals surface area contributed by atoms with E-state index in [4.69, 9.17) is 9.47 Å². The molecule has 1 aliphatic rings. The predicted octanol–water partition coefficient (Wildman–Crippen LogP) is 3.56. The summed E-state index contributed by atoms with van der Waals surface area (Å²) in [6.07, 6.45) is 2.60. The molecule has 0 aliphatic carbocycles. The van der Waals surface area contributed by atoms with E-state index in [1.807, 2.05) is 0 Å². The van der Waals surface area contributed by atoms with Crippen molar-refractivity contribution < 1.29 is 31.5 Å². The standard InChI is InChI=1S/C21H24F2N2O5S/c1-2-29-20-9-7-16(31(27,28)25-10-4-3-5-11-25)13-18(20)24-21(26)14-30-19-8-6-15(22)12-17(19)23/h6-9,12-13H,2-5,10-11,14H2,1H3,(H,24,26). The first-order valence-corrected chi connectivity index (χ1v) is 11.4. The maximum Gasteiger partial charge on any atom is 0.262 e. The summed E-state index contributed by atoms with van der Waals surface area (Å²) in [5, 5.41) is 2.54. The van der Waals surface area contributed by atoms with Crippen molar-refractivity contribution in [3.8, 4) is 11.5 Å². The number of anilines is 1. The molecule has 0 aromatic heterocycles. The van der Waals surface area contributed by atoms with Gasteiger partial charge in [0.1, 0.15) is 11.6 Å². The molecule has 1 heterocycles. The van der Waals surface area contributed by atoms with Crippen molar-refractivity contribution in [2.75, 3.05) is 31.6 Å². The van der Waals surface area contributed by atoms with Gasteiger partial charge in [0.25, 0.3) is 5.91 Å². The van der Waals surface area contributed by atoms with Crippen LogP contribution in [0.1, 0.15) is 26.2 Å². The molecule has 7 nitrogen and oxygen atoms in total. The minimum atomic E-state index is -3.71. The maximum absolute atomic E-state index is 13.7. The van der Waals surface area contributed by atoms with E-state index in [1.165, 1.54) is 22.5 Å². The highest BCUT2D eigenvalue weighted by Crippen LogP contribution is 2.30. The van der Waals surface area contributed by atoms with E-state index in [-0.39, 0.29) is 16.3 Å². The molecule has 1 aliphatic heterocycles. The van der Waals surface area contributed by atoms with Gasteiger partial charge in [-0.3, -0.25) is 4.79 Å². The molecule has 3 rings (SSSR count). The van der Waals surface area contributed by atoms with Gasteiger partial charge in [-0.1, -0.05) is 6.42 Å². The van der Waals surface area contributed by atoms with Crippen LogP contribution < -0.4 is 14.8 Å². The van der Waals surface area contributed by atoms with E-state index >= 15 is 0 Å². The van der Waals surface area contributed by atoms with Gasteiger partial charge in [0.15, 0.2) is 18.2 Å². The average molecular weight is 454 g/mol. The predicted molar refractivity (Wildman–Crippen MR) is 111 cm³/mol. The summed E-state index contributed by atoms with van der Waals surface area (Å²) in [6.45, 7) is 2.41. The van der Waals surface area contributed by atoms with E-state index < -0.39 is 34.2 Å². The minimum Gasteiger partial charge on any atom is -0.492 e. The van der Waals surface area contributed by atoms with Crippen LogP contribution in [-0.4, -0.2) is 44.9 Å². The number of sulfonamides is 1. The second-order valence-corrected chi connectivity index (χ2v) is 8.91. The molecule has 31 heavy (non-hydrogen) atoms. The van der Waals surface area contributed by atoms with Crippen molar-refractivity contribution >= 4 is 21.6 Å². The summed E-state index contributed by atoms with van der Waals surface area (Å²) in [6, 6.07) is 7.00. The van der Waals surface area contributed by atoms with Crippen LogP contribution >= 0.6 is 0 Å². The smallest absolute Gasteiger partial charge is 0.262 e. The van der Waals surface area contributed by atoms with Gasteiger partial charge in [0, 0.05) is 19.2 Å². The van der Waals surface area contributed by atoms with Crippen molar-refractivity contribution in [2.45, 2.75) is 31.1 Å². The molecular formula is C21H24F2N2O5S. The van der Waals surface area contributed by atoms with Gasteiger partial charge in [-0.15, -0.1) is 0 Å². The second-order valence-electron chi connectivity index (χ2n) is 6.97. The lowest BCUT2D eigenvalue weighted by Gasteiger charge is -2.26. The first-order chi connectivity index (χ1) is 14.8. The first-order valence-electron chi connectivity index (χ1n) is 9.96. The second kappa shape index (κ2) is 10.1. The number of carbonyl (C=O) groups is 1. The SMILES string of the molecule is CCOc1ccc(S(=O)(=O)N2CCCCC2)cc1NC(=O)COc1ccc(F)cc1F. The highest BCUT2D eigenvalue weighted by molar-refractivity contribution is 7.89. The Morgan fingerprint density at radius 1 is 1.03 bits per heavy atom. The number of carbonyl (C=O) groups excluding carboxylic acids is 1. The van der Waals surface area contributed by atoms with Crippen molar-refractivity contribution in [1.29, 1.82) is 0 Å². The molecule has 2 aromatic rings. The molecule has 0 spiro atoms. The number of hydrogen-bond acceptors (Lipinski definition) is 5. The van der Waals surface area contributed by atoms with E-state index in [0.717, 1.165) is 31.4 Å². The van der Waals surface area contributed by atoms with Gasteiger partial charge in [-0.25, -0.2) is 17.2 Å². The summed E-state index contributed by atoms with van der Waals surface area (Å²) in [4.78, 5) is 12.4. The van der Waals surface area contributed by atoms with E-state index in [1.54, 1.807) is 6.92 Å². The number of halogens is 2. The van der Waals surface area contributed by atoms with Crippen LogP contribution in [0.3, 0.4) is 0 Å². The topological polar surface area (TPSA) is 84.9 Å². The summed E-state index contributed by atoms with van der Waals surface area (Å²) in [5.41, 5.74) is 0.160. The fourth-order valence-electron chi connectivity index (χ4n) is 3.22. The number of amides is 1. The fourth-order valence-corrected chi connectivity index (χ4v) is 4.77. The molecule has 1 amide bonds. The fraction of sp³-hybridized carbons (Fsp3) is 0.381. The van der Waals surface area contributed by atoms with Crippen molar-refractivity contribution in [3.05, 3.63) is 48.0 Å². The number of nitrogens with zero attached hydrogens (tertiary/aromatic N) is 1. The Bertz CT molecular complexity index is 1040. The summed E-state index contributed by atoms with van der Waals surface area (Å²) < 4.78 is 64.5. The lowest BCUT2D eigenvalue weighted by Crippen LogP contribution is -2.35. The quantitative estimate of drug-likeness (QED) is 0.659. The van der Waals surface area contributed by atoms with Crippen LogP contribution in [0.15, 0.2) is 41.3 Å². The molecule has 1 saturated heterocycles. The van der Waals surface area contributed by atoms with Gasteiger partial charge in [0.05, 0.1) is 17.2 Å². The molecule has 0 radical (unpaired) electrons. The Morgan fingerprint density at radius 3 is 2.42 bits per heavy atom. The molecule has 1 N–H and O–H groups in total. The Morgan fingerprint density at radius 2 is 1.74 bits per heavy atom. The maximum atomic E-state index is 13.7. The number of hydrogen-bond donors (Lipinski definition) is 1. The highest BCUT2D eigenvalue weighted by Gasteiger charge is 2.27. The highest BCUT2D eigenvalue weighted by atomic mass is 32.2. The lowest BCUT2D eigenvalue weighted by atomic mass is 10.2. The first kappa shape index (κ1) is 23.0. The van der Waals surface area contributed by atoms with Crippen molar-refractivity contribution in [3.63, 3.8) is 0 Å². The Labute approximate surface area is 180 Å². The number of benzene rings is 2. The van der Waals surface area contributed by atoms with Gasteiger partial charge in [0.2, 0.25) is 10.0 Å². The molecule has 0 unspecified atom stereocenters. The third-order valence-electron chi connectivity index (χ3n) is 4.73. The Balaban J connectivity index is 1.76. The number of rotatable bonds is 8. The summed E-state index contributed by atoms with van der Waals surface area (Å²) in [7, 11) is -3.71. The van der Waals surface area contributed by atoms with E-state index in [2.05, 4.69) is 5.32 Å². The van der Waals surface area contributed by atoms with Gasteiger partial charge >= 0.3 is 0 Å². The summed E-state index contributed by atoms with van der Waals surface area (Å²) >= 11 is 0. The number of ether oxygens (including phenoxy) is 2. The third-order valence-corrected chi connectivity index (χ3v) is 6.63. The van der Waals surface area contributed by atoms with Gasteiger partial charge in [-0.05, 0) is 50.1 Å². The average Bonchev–Trinajstić information content (AvgIpc) is 2.75. The van der Waals surface area contributed by atoms with Crippen molar-refractivity contribution in [1.82, 2.24) is 4.31 Å². The van der Waals surface area contributed by atoms with Crippen LogP contribution in [0.25, 0.3) is 0 Å². The largest absolute Gasteiger partial charge is 0.492 e. The van der Waals surface area contributed by atoms with Crippen molar-refractivity contribution in [2.24, 2.45) is 0 Å². The zero-order valence-electron chi connectivity index (χ0n) is 17.1. The number of piperidine rings is 1. The van der Waals surface area contributed by atoms with E-state index in [9.17, 15) is 22.0 Å². The Kier molecular flexibility index (Phi) is 7.45.